The van der Waals surface area contributed by atoms with E-state index in [2.05, 4.69) is 17.3 Å². The van der Waals surface area contributed by atoms with Crippen LogP contribution < -0.4 is 15.8 Å². The summed E-state index contributed by atoms with van der Waals surface area (Å²) in [4.78, 5) is 14.3. The SMILES string of the molecule is COC(=O)c1sc(NCC2CCN(C)C2)c(OC)c1N. The molecule has 20 heavy (non-hydrogen) atoms. The molecule has 1 unspecified atom stereocenters. The van der Waals surface area contributed by atoms with Gasteiger partial charge >= 0.3 is 5.97 Å². The van der Waals surface area contributed by atoms with Gasteiger partial charge in [-0.2, -0.15) is 0 Å². The Balaban J connectivity index is 2.08. The number of ether oxygens (including phenoxy) is 2. The third-order valence-electron chi connectivity index (χ3n) is 3.51. The summed E-state index contributed by atoms with van der Waals surface area (Å²) in [5.41, 5.74) is 6.28. The lowest BCUT2D eigenvalue weighted by molar-refractivity contribution is 0.0607. The molecule has 0 bridgehead atoms. The van der Waals surface area contributed by atoms with E-state index in [1.54, 1.807) is 7.11 Å². The van der Waals surface area contributed by atoms with Crippen LogP contribution >= 0.6 is 11.3 Å². The molecule has 6 nitrogen and oxygen atoms in total. The van der Waals surface area contributed by atoms with Gasteiger partial charge in [0.2, 0.25) is 0 Å². The van der Waals surface area contributed by atoms with Crippen LogP contribution in [-0.4, -0.2) is 51.8 Å². The predicted octanol–water partition coefficient (Wildman–Crippen LogP) is 1.49. The first kappa shape index (κ1) is 14.9. The zero-order chi connectivity index (χ0) is 14.7. The maximum absolute atomic E-state index is 11.6. The summed E-state index contributed by atoms with van der Waals surface area (Å²) in [6, 6.07) is 0. The van der Waals surface area contributed by atoms with E-state index in [4.69, 9.17) is 15.2 Å². The monoisotopic (exact) mass is 299 g/mol. The van der Waals surface area contributed by atoms with E-state index in [0.717, 1.165) is 24.6 Å². The molecule has 7 heteroatoms. The molecule has 1 aliphatic rings. The van der Waals surface area contributed by atoms with Gasteiger partial charge in [-0.25, -0.2) is 4.79 Å². The number of nitrogens with two attached hydrogens (primary N) is 1. The zero-order valence-corrected chi connectivity index (χ0v) is 12.9. The fourth-order valence-electron chi connectivity index (χ4n) is 2.42. The van der Waals surface area contributed by atoms with Crippen LogP contribution in [0.1, 0.15) is 16.1 Å². The molecule has 1 aromatic heterocycles. The molecule has 112 valence electrons. The lowest BCUT2D eigenvalue weighted by Gasteiger charge is -2.12. The molecule has 1 aromatic rings. The number of thiophene rings is 1. The number of carbonyl (C=O) groups is 1. The Hall–Kier alpha value is -1.47. The molecule has 0 amide bonds. The first-order chi connectivity index (χ1) is 9.56. The van der Waals surface area contributed by atoms with E-state index in [1.165, 1.54) is 24.9 Å². The smallest absolute Gasteiger partial charge is 0.350 e. The van der Waals surface area contributed by atoms with Gasteiger partial charge < -0.3 is 25.4 Å². The van der Waals surface area contributed by atoms with E-state index >= 15 is 0 Å². The molecule has 1 fully saturated rings. The van der Waals surface area contributed by atoms with Crippen LogP contribution in [0.2, 0.25) is 0 Å². The fraction of sp³-hybridized carbons (Fsp3) is 0.615. The molecule has 2 heterocycles. The summed E-state index contributed by atoms with van der Waals surface area (Å²) in [6.07, 6.45) is 1.18. The second-order valence-electron chi connectivity index (χ2n) is 5.00. The van der Waals surface area contributed by atoms with Crippen LogP contribution in [-0.2, 0) is 4.74 Å². The first-order valence-corrected chi connectivity index (χ1v) is 7.35. The molecule has 3 N–H and O–H groups in total. The standard InChI is InChI=1S/C13H21N3O3S/c1-16-5-4-8(7-16)6-15-12-10(18-2)9(14)11(20-12)13(17)19-3/h8,15H,4-7,14H2,1-3H3. The van der Waals surface area contributed by atoms with Gasteiger partial charge in [-0.3, -0.25) is 0 Å². The van der Waals surface area contributed by atoms with E-state index in [1.807, 2.05) is 0 Å². The van der Waals surface area contributed by atoms with Gasteiger partial charge in [-0.05, 0) is 25.9 Å². The van der Waals surface area contributed by atoms with Gasteiger partial charge in [0.05, 0.1) is 14.2 Å². The summed E-state index contributed by atoms with van der Waals surface area (Å²) in [5.74, 6) is 0.704. The predicted molar refractivity (Wildman–Crippen MR) is 80.7 cm³/mol. The van der Waals surface area contributed by atoms with Crippen molar-refractivity contribution in [3.8, 4) is 5.75 Å². The first-order valence-electron chi connectivity index (χ1n) is 6.53. The highest BCUT2D eigenvalue weighted by Gasteiger charge is 2.24. The van der Waals surface area contributed by atoms with Crippen molar-refractivity contribution in [3.63, 3.8) is 0 Å². The molecule has 0 radical (unpaired) electrons. The number of nitrogens with one attached hydrogen (secondary N) is 1. The van der Waals surface area contributed by atoms with Crippen molar-refractivity contribution < 1.29 is 14.3 Å². The average Bonchev–Trinajstić information content (AvgIpc) is 2.99. The van der Waals surface area contributed by atoms with Gasteiger partial charge in [0, 0.05) is 13.1 Å². The minimum Gasteiger partial charge on any atom is -0.492 e. The number of methoxy groups -OCH3 is 2. The molecule has 0 saturated carbocycles. The van der Waals surface area contributed by atoms with E-state index in [9.17, 15) is 4.79 Å². The Bertz CT molecular complexity index is 489. The Labute approximate surface area is 122 Å². The average molecular weight is 299 g/mol. The molecule has 0 aromatic carbocycles. The quantitative estimate of drug-likeness (QED) is 0.802. The van der Waals surface area contributed by atoms with Gasteiger partial charge in [-0.15, -0.1) is 11.3 Å². The number of nitrogen functional groups attached to an aromatic ring is 1. The summed E-state index contributed by atoms with van der Waals surface area (Å²) < 4.78 is 10.0. The number of carbonyl (C=O) groups excluding carboxylic acids is 1. The Morgan fingerprint density at radius 2 is 2.30 bits per heavy atom. The number of esters is 1. The van der Waals surface area contributed by atoms with Crippen LogP contribution in [0.5, 0.6) is 5.75 Å². The van der Waals surface area contributed by atoms with Crippen molar-refractivity contribution in [2.75, 3.05) is 52.0 Å². The molecular formula is C13H21N3O3S. The molecule has 2 rings (SSSR count). The second kappa shape index (κ2) is 6.32. The molecule has 1 atom stereocenters. The highest BCUT2D eigenvalue weighted by atomic mass is 32.1. The van der Waals surface area contributed by atoms with Crippen molar-refractivity contribution in [1.29, 1.82) is 0 Å². The molecule has 1 saturated heterocycles. The highest BCUT2D eigenvalue weighted by Crippen LogP contribution is 2.42. The normalized spacial score (nSPS) is 19.1. The minimum atomic E-state index is -0.431. The van der Waals surface area contributed by atoms with Crippen molar-refractivity contribution in [1.82, 2.24) is 4.90 Å². The summed E-state index contributed by atoms with van der Waals surface area (Å²) in [5, 5.41) is 4.14. The fourth-order valence-corrected chi connectivity index (χ4v) is 3.44. The van der Waals surface area contributed by atoms with Crippen LogP contribution in [0, 0.1) is 5.92 Å². The number of rotatable bonds is 5. The van der Waals surface area contributed by atoms with E-state index < -0.39 is 5.97 Å². The zero-order valence-electron chi connectivity index (χ0n) is 12.1. The molecular weight excluding hydrogens is 278 g/mol. The lowest BCUT2D eigenvalue weighted by Crippen LogP contribution is -2.18. The van der Waals surface area contributed by atoms with Crippen molar-refractivity contribution in [3.05, 3.63) is 4.88 Å². The van der Waals surface area contributed by atoms with Crippen molar-refractivity contribution >= 4 is 28.0 Å². The molecule has 0 spiro atoms. The number of nitrogens with zero attached hydrogens (tertiary/aromatic N) is 1. The molecule has 0 aliphatic carbocycles. The second-order valence-corrected chi connectivity index (χ2v) is 6.02. The summed E-state index contributed by atoms with van der Waals surface area (Å²) in [6.45, 7) is 3.06. The van der Waals surface area contributed by atoms with E-state index in [-0.39, 0.29) is 0 Å². The van der Waals surface area contributed by atoms with Crippen molar-refractivity contribution in [2.45, 2.75) is 6.42 Å². The highest BCUT2D eigenvalue weighted by molar-refractivity contribution is 7.19. The number of hydrogen-bond donors (Lipinski definition) is 2. The van der Waals surface area contributed by atoms with Crippen LogP contribution in [0.3, 0.4) is 0 Å². The van der Waals surface area contributed by atoms with Gasteiger partial charge in [0.25, 0.3) is 0 Å². The van der Waals surface area contributed by atoms with Gasteiger partial charge in [0.1, 0.15) is 15.6 Å². The van der Waals surface area contributed by atoms with Crippen LogP contribution in [0.4, 0.5) is 10.7 Å². The minimum absolute atomic E-state index is 0.343. The molecule has 1 aliphatic heterocycles. The Kier molecular flexibility index (Phi) is 4.72. The van der Waals surface area contributed by atoms with Crippen molar-refractivity contribution in [2.24, 2.45) is 5.92 Å². The number of hydrogen-bond acceptors (Lipinski definition) is 7. The maximum atomic E-state index is 11.6. The largest absolute Gasteiger partial charge is 0.492 e. The van der Waals surface area contributed by atoms with Crippen LogP contribution in [0.25, 0.3) is 0 Å². The summed E-state index contributed by atoms with van der Waals surface area (Å²) >= 11 is 1.28. The Morgan fingerprint density at radius 1 is 1.55 bits per heavy atom. The lowest BCUT2D eigenvalue weighted by atomic mass is 10.1. The maximum Gasteiger partial charge on any atom is 0.350 e. The van der Waals surface area contributed by atoms with Gasteiger partial charge in [0.15, 0.2) is 5.75 Å². The Morgan fingerprint density at radius 3 is 2.85 bits per heavy atom. The number of anilines is 2. The van der Waals surface area contributed by atoms with Crippen LogP contribution in [0.15, 0.2) is 0 Å². The number of likely N-dealkylation sites (tertiary alicyclic amines) is 1. The third-order valence-corrected chi connectivity index (χ3v) is 4.64. The topological polar surface area (TPSA) is 76.8 Å². The summed E-state index contributed by atoms with van der Waals surface area (Å²) in [7, 11) is 5.02. The van der Waals surface area contributed by atoms with E-state index in [0.29, 0.717) is 22.2 Å². The van der Waals surface area contributed by atoms with Gasteiger partial charge in [-0.1, -0.05) is 0 Å². The third kappa shape index (κ3) is 2.99.